The van der Waals surface area contributed by atoms with Crippen LogP contribution in [0.2, 0.25) is 5.02 Å². The highest BCUT2D eigenvalue weighted by Gasteiger charge is 2.21. The van der Waals surface area contributed by atoms with Gasteiger partial charge in [0.1, 0.15) is 6.07 Å². The molecule has 2 aromatic rings. The zero-order valence-electron chi connectivity index (χ0n) is 9.77. The number of nitriles is 1. The van der Waals surface area contributed by atoms with E-state index in [0.717, 1.165) is 11.3 Å². The zero-order valence-corrected chi connectivity index (χ0v) is 12.2. The molecule has 0 atom stereocenters. The molecule has 0 saturated carbocycles. The number of carboxylic acid groups (broad SMARTS) is 1. The number of aromatic carboxylic acids is 1. The summed E-state index contributed by atoms with van der Waals surface area (Å²) >= 11 is 8.47. The molecule has 0 N–H and O–H groups in total. The zero-order chi connectivity index (χ0) is 14.0. The molecule has 3 nitrogen and oxygen atoms in total. The van der Waals surface area contributed by atoms with Gasteiger partial charge in [-0.15, -0.1) is 23.1 Å². The molecule has 2 rings (SSSR count). The quantitative estimate of drug-likeness (QED) is 0.818. The van der Waals surface area contributed by atoms with Gasteiger partial charge in [-0.1, -0.05) is 29.8 Å². The first-order valence-corrected chi connectivity index (χ1v) is 7.59. The largest absolute Gasteiger partial charge is 0.544 e. The van der Waals surface area contributed by atoms with Crippen LogP contribution in [0.5, 0.6) is 0 Å². The first-order chi connectivity index (χ1) is 9.10. The van der Waals surface area contributed by atoms with Gasteiger partial charge in [0.25, 0.3) is 0 Å². The summed E-state index contributed by atoms with van der Waals surface area (Å²) in [7, 11) is 0. The van der Waals surface area contributed by atoms with Crippen molar-refractivity contribution in [3.63, 3.8) is 0 Å². The van der Waals surface area contributed by atoms with Gasteiger partial charge in [-0.05, 0) is 12.3 Å². The molecular weight excluding hydrogens is 302 g/mol. The Morgan fingerprint density at radius 2 is 2.16 bits per heavy atom. The van der Waals surface area contributed by atoms with E-state index in [-0.39, 0.29) is 4.88 Å². The van der Waals surface area contributed by atoms with Gasteiger partial charge in [0.05, 0.1) is 20.6 Å². The number of thiophene rings is 1. The summed E-state index contributed by atoms with van der Waals surface area (Å²) in [5.74, 6) is -1.29. The average molecular weight is 309 g/mol. The van der Waals surface area contributed by atoms with Crippen molar-refractivity contribution in [2.24, 2.45) is 0 Å². The molecule has 1 heterocycles. The van der Waals surface area contributed by atoms with Crippen molar-refractivity contribution in [2.45, 2.75) is 4.21 Å². The lowest BCUT2D eigenvalue weighted by atomic mass is 10.0. The summed E-state index contributed by atoms with van der Waals surface area (Å²) < 4.78 is 0.650. The molecule has 1 aromatic carbocycles. The number of carbonyl (C=O) groups is 1. The smallest absolute Gasteiger partial charge is 0.102 e. The summed E-state index contributed by atoms with van der Waals surface area (Å²) in [5, 5.41) is 20.9. The monoisotopic (exact) mass is 308 g/mol. The maximum Gasteiger partial charge on any atom is 0.102 e. The molecule has 0 aliphatic carbocycles. The van der Waals surface area contributed by atoms with E-state index in [1.54, 1.807) is 30.5 Å². The van der Waals surface area contributed by atoms with Crippen LogP contribution < -0.4 is 5.11 Å². The summed E-state index contributed by atoms with van der Waals surface area (Å²) in [6, 6.07) is 8.91. The fourth-order valence-electron chi connectivity index (χ4n) is 1.72. The van der Waals surface area contributed by atoms with E-state index in [1.165, 1.54) is 11.8 Å². The van der Waals surface area contributed by atoms with Crippen LogP contribution >= 0.6 is 34.7 Å². The highest BCUT2D eigenvalue weighted by Crippen LogP contribution is 2.42. The van der Waals surface area contributed by atoms with Gasteiger partial charge in [0, 0.05) is 16.1 Å². The lowest BCUT2D eigenvalue weighted by Crippen LogP contribution is -2.21. The normalized spacial score (nSPS) is 10.2. The van der Waals surface area contributed by atoms with Crippen LogP contribution in [-0.4, -0.2) is 12.2 Å². The Kier molecular flexibility index (Phi) is 4.15. The third-order valence-electron chi connectivity index (χ3n) is 2.50. The van der Waals surface area contributed by atoms with E-state index in [0.29, 0.717) is 25.9 Å². The highest BCUT2D eigenvalue weighted by molar-refractivity contribution is 8.00. The number of carboxylic acids is 1. The topological polar surface area (TPSA) is 63.9 Å². The number of halogens is 1. The van der Waals surface area contributed by atoms with Crippen LogP contribution in [0.1, 0.15) is 15.2 Å². The lowest BCUT2D eigenvalue weighted by Gasteiger charge is -2.07. The fourth-order valence-corrected chi connectivity index (χ4v) is 3.72. The van der Waals surface area contributed by atoms with E-state index in [2.05, 4.69) is 6.07 Å². The molecule has 1 aromatic heterocycles. The number of rotatable bonds is 3. The Labute approximate surface area is 123 Å². The molecule has 0 amide bonds. The van der Waals surface area contributed by atoms with Crippen molar-refractivity contribution in [3.05, 3.63) is 39.7 Å². The Bertz CT molecular complexity index is 688. The van der Waals surface area contributed by atoms with Crippen LogP contribution in [0, 0.1) is 11.3 Å². The van der Waals surface area contributed by atoms with Crippen LogP contribution in [0.3, 0.4) is 0 Å². The SMILES string of the molecule is CSc1sc(C(=O)[O-])c(-c2ccccc2Cl)c1C#N. The molecule has 0 saturated heterocycles. The third-order valence-corrected chi connectivity index (χ3v) is 5.12. The van der Waals surface area contributed by atoms with Gasteiger partial charge in [-0.3, -0.25) is 0 Å². The maximum absolute atomic E-state index is 11.2. The molecule has 0 unspecified atom stereocenters. The van der Waals surface area contributed by atoms with E-state index < -0.39 is 5.97 Å². The van der Waals surface area contributed by atoms with Gasteiger partial charge in [0.2, 0.25) is 0 Å². The molecular formula is C13H7ClNO2S2-. The van der Waals surface area contributed by atoms with Gasteiger partial charge in [-0.25, -0.2) is 0 Å². The number of thioether (sulfide) groups is 1. The van der Waals surface area contributed by atoms with Gasteiger partial charge < -0.3 is 9.90 Å². The second kappa shape index (κ2) is 5.66. The van der Waals surface area contributed by atoms with Gasteiger partial charge >= 0.3 is 0 Å². The molecule has 96 valence electrons. The van der Waals surface area contributed by atoms with E-state index in [9.17, 15) is 15.2 Å². The minimum absolute atomic E-state index is 0.0361. The van der Waals surface area contributed by atoms with Crippen molar-refractivity contribution < 1.29 is 9.90 Å². The summed E-state index contributed by atoms with van der Waals surface area (Å²) in [6.45, 7) is 0. The number of benzene rings is 1. The molecule has 0 fully saturated rings. The van der Waals surface area contributed by atoms with E-state index in [1.807, 2.05) is 0 Å². The second-order valence-corrected chi connectivity index (χ2v) is 6.05. The minimum atomic E-state index is -1.29. The number of carbonyl (C=O) groups excluding carboxylic acids is 1. The molecule has 6 heteroatoms. The van der Waals surface area contributed by atoms with Crippen molar-refractivity contribution in [1.82, 2.24) is 0 Å². The average Bonchev–Trinajstić information content (AvgIpc) is 2.77. The summed E-state index contributed by atoms with van der Waals surface area (Å²) in [5.41, 5.74) is 1.23. The van der Waals surface area contributed by atoms with E-state index >= 15 is 0 Å². The number of nitrogens with zero attached hydrogens (tertiary/aromatic N) is 1. The van der Waals surface area contributed by atoms with Crippen LogP contribution in [0.4, 0.5) is 0 Å². The van der Waals surface area contributed by atoms with Gasteiger partial charge in [0.15, 0.2) is 0 Å². The molecule has 0 radical (unpaired) electrons. The Morgan fingerprint density at radius 1 is 1.47 bits per heavy atom. The Balaban J connectivity index is 2.82. The number of hydrogen-bond donors (Lipinski definition) is 0. The standard InChI is InChI=1S/C13H8ClNO2S2/c1-18-13-8(6-15)10(11(19-13)12(16)17)7-4-2-3-5-9(7)14/h2-5H,1H3,(H,16,17)/p-1. The van der Waals surface area contributed by atoms with Crippen molar-refractivity contribution in [3.8, 4) is 17.2 Å². The first-order valence-electron chi connectivity index (χ1n) is 5.17. The van der Waals surface area contributed by atoms with Crippen molar-refractivity contribution in [2.75, 3.05) is 6.26 Å². The Morgan fingerprint density at radius 3 is 2.68 bits per heavy atom. The van der Waals surface area contributed by atoms with Crippen LogP contribution in [0.15, 0.2) is 28.5 Å². The first kappa shape index (κ1) is 13.9. The van der Waals surface area contributed by atoms with Crippen molar-refractivity contribution in [1.29, 1.82) is 5.26 Å². The van der Waals surface area contributed by atoms with Crippen LogP contribution in [0.25, 0.3) is 11.1 Å². The summed E-state index contributed by atoms with van der Waals surface area (Å²) in [6.07, 6.45) is 1.79. The van der Waals surface area contributed by atoms with Crippen LogP contribution in [-0.2, 0) is 0 Å². The number of hydrogen-bond acceptors (Lipinski definition) is 5. The third kappa shape index (κ3) is 2.47. The fraction of sp³-hybridized carbons (Fsp3) is 0.0769. The predicted octanol–water partition coefficient (Wildman–Crippen LogP) is 3.03. The summed E-state index contributed by atoms with van der Waals surface area (Å²) in [4.78, 5) is 11.3. The molecule has 0 aliphatic heterocycles. The maximum atomic E-state index is 11.2. The second-order valence-electron chi connectivity index (χ2n) is 3.55. The van der Waals surface area contributed by atoms with Gasteiger partial charge in [-0.2, -0.15) is 5.26 Å². The predicted molar refractivity (Wildman–Crippen MR) is 75.6 cm³/mol. The molecule has 0 aliphatic rings. The Hall–Kier alpha value is -1.48. The molecule has 19 heavy (non-hydrogen) atoms. The minimum Gasteiger partial charge on any atom is -0.544 e. The highest BCUT2D eigenvalue weighted by atomic mass is 35.5. The van der Waals surface area contributed by atoms with Crippen molar-refractivity contribution >= 4 is 40.7 Å². The van der Waals surface area contributed by atoms with E-state index in [4.69, 9.17) is 11.6 Å². The lowest BCUT2D eigenvalue weighted by molar-refractivity contribution is -0.254. The molecule has 0 spiro atoms. The molecule has 0 bridgehead atoms.